The van der Waals surface area contributed by atoms with Crippen LogP contribution in [0.15, 0.2) is 138 Å². The van der Waals surface area contributed by atoms with Crippen LogP contribution >= 0.6 is 0 Å². The highest BCUT2D eigenvalue weighted by Gasteiger charge is 2.42. The van der Waals surface area contributed by atoms with E-state index >= 15 is 0 Å². The molecule has 12 nitrogen and oxygen atoms in total. The molecule has 1 amide bonds. The van der Waals surface area contributed by atoms with Crippen molar-refractivity contribution in [3.05, 3.63) is 177 Å². The molecular formula is C50H52N4O8. The number of esters is 1. The molecule has 0 saturated carbocycles. The number of nitrogens with one attached hydrogen (secondary N) is 2. The lowest BCUT2D eigenvalue weighted by Crippen LogP contribution is -2.52. The Bertz CT molecular complexity index is 2520. The summed E-state index contributed by atoms with van der Waals surface area (Å²) in [7, 11) is 0. The van der Waals surface area contributed by atoms with Crippen molar-refractivity contribution < 1.29 is 34.4 Å². The first-order chi connectivity index (χ1) is 30.1. The second kappa shape index (κ2) is 19.2. The Kier molecular flexibility index (Phi) is 13.1. The number of phenols is 1. The summed E-state index contributed by atoms with van der Waals surface area (Å²) in [6.07, 6.45) is 0.932. The number of pyridine rings is 1. The van der Waals surface area contributed by atoms with E-state index in [4.69, 9.17) is 9.47 Å². The Hall–Kier alpha value is -6.31. The fourth-order valence-corrected chi connectivity index (χ4v) is 8.36. The summed E-state index contributed by atoms with van der Waals surface area (Å²) < 4.78 is 12.1. The smallest absolute Gasteiger partial charge is 0.347 e. The van der Waals surface area contributed by atoms with E-state index in [1.807, 2.05) is 24.3 Å². The van der Waals surface area contributed by atoms with E-state index in [-0.39, 0.29) is 47.7 Å². The minimum atomic E-state index is -2.03. The molecule has 0 bridgehead atoms. The van der Waals surface area contributed by atoms with Gasteiger partial charge in [-0.15, -0.1) is 0 Å². The van der Waals surface area contributed by atoms with Crippen LogP contribution in [0.1, 0.15) is 57.1 Å². The summed E-state index contributed by atoms with van der Waals surface area (Å²) in [6, 6.07) is 39.6. The molecule has 0 spiro atoms. The molecule has 0 radical (unpaired) electrons. The highest BCUT2D eigenvalue weighted by molar-refractivity contribution is 5.94. The first kappa shape index (κ1) is 42.4. The van der Waals surface area contributed by atoms with Gasteiger partial charge in [-0.2, -0.15) is 0 Å². The maximum absolute atomic E-state index is 13.9. The second-order valence-corrected chi connectivity index (χ2v) is 16.4. The Labute approximate surface area is 360 Å². The minimum absolute atomic E-state index is 0.0630. The molecule has 0 aliphatic carbocycles. The van der Waals surface area contributed by atoms with E-state index in [0.717, 1.165) is 38.0 Å². The molecule has 6 aromatic rings. The number of benzene rings is 5. The number of hydrogen-bond acceptors (Lipinski definition) is 10. The number of phenolic OH excluding ortho intramolecular Hbond substituents is 1. The van der Waals surface area contributed by atoms with Crippen molar-refractivity contribution in [2.75, 3.05) is 45.9 Å². The van der Waals surface area contributed by atoms with Gasteiger partial charge in [-0.25, -0.2) is 4.79 Å². The normalized spacial score (nSPS) is 16.3. The third-order valence-corrected chi connectivity index (χ3v) is 12.0. The number of aromatic amines is 1. The molecule has 2 aliphatic rings. The van der Waals surface area contributed by atoms with Crippen LogP contribution in [-0.4, -0.2) is 87.9 Å². The zero-order valence-corrected chi connectivity index (χ0v) is 34.5. The van der Waals surface area contributed by atoms with Crippen LogP contribution in [-0.2, 0) is 28.2 Å². The van der Waals surface area contributed by atoms with E-state index in [1.54, 1.807) is 77.7 Å². The number of piperidine rings is 1. The molecule has 320 valence electrons. The minimum Gasteiger partial charge on any atom is -0.506 e. The fraction of sp³-hybridized carbons (Fsp3) is 0.300. The molecular weight excluding hydrogens is 785 g/mol. The van der Waals surface area contributed by atoms with Crippen molar-refractivity contribution in [3.63, 3.8) is 0 Å². The summed E-state index contributed by atoms with van der Waals surface area (Å²) >= 11 is 0. The maximum Gasteiger partial charge on any atom is 0.347 e. The number of likely N-dealkylation sites (tertiary alicyclic amines) is 2. The largest absolute Gasteiger partial charge is 0.506 e. The van der Waals surface area contributed by atoms with Crippen LogP contribution in [0.5, 0.6) is 11.5 Å². The number of hydrogen-bond donors (Lipinski definition) is 5. The number of nitrogens with zero attached hydrogens (tertiary/aromatic N) is 2. The van der Waals surface area contributed by atoms with Crippen molar-refractivity contribution in [2.45, 2.75) is 37.6 Å². The number of carbonyl (C=O) groups is 2. The lowest BCUT2D eigenvalue weighted by atomic mass is 9.86. The van der Waals surface area contributed by atoms with Crippen molar-refractivity contribution >= 4 is 22.8 Å². The molecule has 12 heteroatoms. The number of aromatic hydroxyl groups is 1. The van der Waals surface area contributed by atoms with Gasteiger partial charge in [-0.05, 0) is 90.5 Å². The fourth-order valence-electron chi connectivity index (χ4n) is 8.36. The molecule has 2 saturated heterocycles. The van der Waals surface area contributed by atoms with Gasteiger partial charge < -0.3 is 40.0 Å². The number of aliphatic hydroxyl groups is 2. The first-order valence-electron chi connectivity index (χ1n) is 21.2. The van der Waals surface area contributed by atoms with Crippen molar-refractivity contribution in [1.29, 1.82) is 0 Å². The van der Waals surface area contributed by atoms with Crippen molar-refractivity contribution in [3.8, 4) is 11.5 Å². The highest BCUT2D eigenvalue weighted by Crippen LogP contribution is 2.34. The quantitative estimate of drug-likeness (QED) is 0.0742. The number of rotatable bonds is 16. The van der Waals surface area contributed by atoms with Crippen LogP contribution < -0.4 is 15.6 Å². The molecule has 5 N–H and O–H groups in total. The predicted molar refractivity (Wildman–Crippen MR) is 236 cm³/mol. The number of H-pyrrole nitrogens is 1. The van der Waals surface area contributed by atoms with Crippen LogP contribution in [0.25, 0.3) is 10.9 Å². The first-order valence-corrected chi connectivity index (χ1v) is 21.2. The zero-order valence-electron chi connectivity index (χ0n) is 34.5. The molecule has 0 unspecified atom stereocenters. The maximum atomic E-state index is 13.9. The van der Waals surface area contributed by atoms with Gasteiger partial charge >= 0.3 is 5.97 Å². The summed E-state index contributed by atoms with van der Waals surface area (Å²) in [5.41, 5.74) is 2.06. The van der Waals surface area contributed by atoms with Gasteiger partial charge in [0.25, 0.3) is 5.91 Å². The number of fused-ring (bicyclic) bond motifs is 1. The average Bonchev–Trinajstić information content (AvgIpc) is 3.29. The van der Waals surface area contributed by atoms with E-state index < -0.39 is 17.7 Å². The Balaban J connectivity index is 0.803. The van der Waals surface area contributed by atoms with Crippen LogP contribution in [0.2, 0.25) is 0 Å². The lowest BCUT2D eigenvalue weighted by molar-refractivity contribution is -0.164. The highest BCUT2D eigenvalue weighted by atomic mass is 16.5. The van der Waals surface area contributed by atoms with Gasteiger partial charge in [0.2, 0.25) is 11.2 Å². The standard InChI is InChI=1S/C50H52N4O8/c55-44-20-18-42(43-19-21-46(57)52-47(43)44)45(56)28-51-27-34-14-16-38(17-15-34)48(58)54-30-37(31-54)33-61-41-13-7-12-40(26-41)50(60,39-10-5-2-6-11-39)49(59)62-32-36-22-24-53(25-23-36)29-35-8-3-1-4-9-35/h1-21,26,36-37,45,51,55-56,60H,22-25,27-33H2,(H,52,57)/t45-,50-/m0/s1. The number of amides is 1. The Morgan fingerprint density at radius 1 is 0.790 bits per heavy atom. The summed E-state index contributed by atoms with van der Waals surface area (Å²) in [5, 5.41) is 37.0. The molecule has 62 heavy (non-hydrogen) atoms. The Morgan fingerprint density at radius 2 is 1.50 bits per heavy atom. The van der Waals surface area contributed by atoms with Crippen LogP contribution in [0, 0.1) is 11.8 Å². The third-order valence-electron chi connectivity index (χ3n) is 12.0. The second-order valence-electron chi connectivity index (χ2n) is 16.4. The summed E-state index contributed by atoms with van der Waals surface area (Å²) in [4.78, 5) is 45.7. The van der Waals surface area contributed by atoms with E-state index in [9.17, 15) is 29.7 Å². The monoisotopic (exact) mass is 836 g/mol. The molecule has 1 aromatic heterocycles. The summed E-state index contributed by atoms with van der Waals surface area (Å²) in [5.74, 6) is -0.0275. The number of aliphatic hydroxyl groups excluding tert-OH is 1. The number of aromatic nitrogens is 1. The SMILES string of the molecule is O=C(c1ccc(CNC[C@H](O)c2ccc(O)c3[nH]c(=O)ccc23)cc1)N1CC(COc2cccc([C@](O)(C(=O)OCC3CCN(Cc4ccccc4)CC3)c3ccccc3)c2)C1. The van der Waals surface area contributed by atoms with Gasteiger partial charge in [-0.1, -0.05) is 91.0 Å². The predicted octanol–water partition coefficient (Wildman–Crippen LogP) is 5.90. The van der Waals surface area contributed by atoms with E-state index in [2.05, 4.69) is 39.5 Å². The molecule has 2 atom stereocenters. The van der Waals surface area contributed by atoms with Gasteiger partial charge in [0.05, 0.1) is 24.8 Å². The van der Waals surface area contributed by atoms with Gasteiger partial charge in [0.15, 0.2) is 0 Å². The summed E-state index contributed by atoms with van der Waals surface area (Å²) in [6.45, 7) is 5.09. The number of carbonyl (C=O) groups excluding carboxylic acids is 2. The zero-order chi connectivity index (χ0) is 43.1. The van der Waals surface area contributed by atoms with Gasteiger partial charge in [0, 0.05) is 61.2 Å². The van der Waals surface area contributed by atoms with Gasteiger partial charge in [0.1, 0.15) is 11.5 Å². The van der Waals surface area contributed by atoms with E-state index in [0.29, 0.717) is 59.6 Å². The van der Waals surface area contributed by atoms with Crippen LogP contribution in [0.3, 0.4) is 0 Å². The molecule has 2 aliphatic heterocycles. The molecule has 5 aromatic carbocycles. The third kappa shape index (κ3) is 9.74. The average molecular weight is 837 g/mol. The lowest BCUT2D eigenvalue weighted by Gasteiger charge is -2.39. The topological polar surface area (TPSA) is 165 Å². The number of ether oxygens (including phenoxy) is 2. The molecule has 2 fully saturated rings. The Morgan fingerprint density at radius 3 is 2.24 bits per heavy atom. The van der Waals surface area contributed by atoms with Crippen molar-refractivity contribution in [1.82, 2.24) is 20.1 Å². The van der Waals surface area contributed by atoms with Gasteiger partial charge in [-0.3, -0.25) is 14.5 Å². The van der Waals surface area contributed by atoms with Crippen LogP contribution in [0.4, 0.5) is 0 Å². The van der Waals surface area contributed by atoms with Crippen molar-refractivity contribution in [2.24, 2.45) is 11.8 Å². The molecule has 8 rings (SSSR count). The molecule has 3 heterocycles. The van der Waals surface area contributed by atoms with E-state index in [1.165, 1.54) is 17.7 Å².